The number of esters is 1. The van der Waals surface area contributed by atoms with E-state index in [1.165, 1.54) is 12.0 Å². The number of rotatable bonds is 3. The Morgan fingerprint density at radius 3 is 2.79 bits per heavy atom. The number of hydrogen-bond acceptors (Lipinski definition) is 4. The number of carbonyl (C=O) groups excluding carboxylic acids is 1. The highest BCUT2D eigenvalue weighted by Gasteiger charge is 2.34. The molecule has 1 aliphatic rings. The molecule has 1 aliphatic heterocycles. The quantitative estimate of drug-likeness (QED) is 0.507. The summed E-state index contributed by atoms with van der Waals surface area (Å²) in [7, 11) is -2.81. The van der Waals surface area contributed by atoms with Gasteiger partial charge in [0.15, 0.2) is 0 Å². The van der Waals surface area contributed by atoms with Crippen LogP contribution in [0.2, 0.25) is 0 Å². The van der Waals surface area contributed by atoms with Gasteiger partial charge >= 0.3 is 13.6 Å². The molecule has 7 heteroatoms. The average Bonchev–Trinajstić information content (AvgIpc) is 2.48. The summed E-state index contributed by atoms with van der Waals surface area (Å²) in [5.74, 6) is -0.420. The highest BCUT2D eigenvalue weighted by Crippen LogP contribution is 2.37. The van der Waals surface area contributed by atoms with Crippen molar-refractivity contribution in [3.63, 3.8) is 0 Å². The fraction of sp³-hybridized carbons (Fsp3) is 0.857. The standard InChI is InChI=1S/C7H14NO5P/c1-13-7(9)6-3-2-4-8(6)5-14(10,11)12/h6H,2-5H2,1H3,(H2,10,11,12)/t6-/m0/s1. The molecule has 0 unspecified atom stereocenters. The van der Waals surface area contributed by atoms with Crippen LogP contribution >= 0.6 is 7.60 Å². The molecule has 6 nitrogen and oxygen atoms in total. The third-order valence-electron chi connectivity index (χ3n) is 2.20. The second kappa shape index (κ2) is 4.40. The number of nitrogens with zero attached hydrogens (tertiary/aromatic N) is 1. The summed E-state index contributed by atoms with van der Waals surface area (Å²) in [6.07, 6.45) is 0.999. The first kappa shape index (κ1) is 11.7. The Balaban J connectivity index is 2.60. The summed E-state index contributed by atoms with van der Waals surface area (Å²) >= 11 is 0. The Kier molecular flexibility index (Phi) is 3.66. The number of ether oxygens (including phenoxy) is 1. The Hall–Kier alpha value is -0.420. The minimum absolute atomic E-state index is 0.368. The third kappa shape index (κ3) is 3.06. The predicted molar refractivity (Wildman–Crippen MR) is 48.7 cm³/mol. The zero-order valence-electron chi connectivity index (χ0n) is 7.92. The maximum Gasteiger partial charge on any atom is 0.339 e. The van der Waals surface area contributed by atoms with Gasteiger partial charge in [-0.2, -0.15) is 0 Å². The van der Waals surface area contributed by atoms with Crippen LogP contribution < -0.4 is 0 Å². The van der Waals surface area contributed by atoms with Gasteiger partial charge in [-0.25, -0.2) is 0 Å². The van der Waals surface area contributed by atoms with Gasteiger partial charge in [0.1, 0.15) is 12.3 Å². The molecule has 14 heavy (non-hydrogen) atoms. The van der Waals surface area contributed by atoms with Crippen LogP contribution in [0.4, 0.5) is 0 Å². The Morgan fingerprint density at radius 2 is 2.29 bits per heavy atom. The van der Waals surface area contributed by atoms with Gasteiger partial charge in [0, 0.05) is 0 Å². The number of methoxy groups -OCH3 is 1. The van der Waals surface area contributed by atoms with Gasteiger partial charge in [0.25, 0.3) is 0 Å². The molecule has 0 spiro atoms. The van der Waals surface area contributed by atoms with Gasteiger partial charge in [-0.1, -0.05) is 0 Å². The van der Waals surface area contributed by atoms with Crippen molar-refractivity contribution < 1.29 is 23.9 Å². The lowest BCUT2D eigenvalue weighted by atomic mass is 10.2. The summed E-state index contributed by atoms with van der Waals surface area (Å²) in [6, 6.07) is -0.493. The molecule has 82 valence electrons. The van der Waals surface area contributed by atoms with Crippen LogP contribution in [0.15, 0.2) is 0 Å². The van der Waals surface area contributed by atoms with E-state index in [4.69, 9.17) is 9.79 Å². The fourth-order valence-electron chi connectivity index (χ4n) is 1.63. The normalized spacial score (nSPS) is 23.8. The largest absolute Gasteiger partial charge is 0.468 e. The van der Waals surface area contributed by atoms with Crippen molar-refractivity contribution in [1.29, 1.82) is 0 Å². The first-order chi connectivity index (χ1) is 6.44. The van der Waals surface area contributed by atoms with Crippen LogP contribution in [0.25, 0.3) is 0 Å². The second-order valence-corrected chi connectivity index (χ2v) is 4.91. The molecule has 1 saturated heterocycles. The van der Waals surface area contributed by atoms with Gasteiger partial charge in [0.2, 0.25) is 0 Å². The molecule has 0 bridgehead atoms. The van der Waals surface area contributed by atoms with Gasteiger partial charge in [-0.05, 0) is 19.4 Å². The van der Waals surface area contributed by atoms with E-state index in [1.807, 2.05) is 0 Å². The molecular formula is C7H14NO5P. The van der Waals surface area contributed by atoms with Crippen LogP contribution in [0.3, 0.4) is 0 Å². The van der Waals surface area contributed by atoms with Crippen molar-refractivity contribution in [3.8, 4) is 0 Å². The predicted octanol–water partition coefficient (Wildman–Crippen LogP) is -0.241. The zero-order valence-corrected chi connectivity index (χ0v) is 8.81. The van der Waals surface area contributed by atoms with Crippen LogP contribution in [0, 0.1) is 0 Å². The average molecular weight is 223 g/mol. The molecule has 0 aromatic rings. The molecule has 2 N–H and O–H groups in total. The van der Waals surface area contributed by atoms with E-state index in [0.717, 1.165) is 6.42 Å². The van der Waals surface area contributed by atoms with Gasteiger partial charge in [-0.3, -0.25) is 14.3 Å². The van der Waals surface area contributed by atoms with Gasteiger partial charge in [0.05, 0.1) is 7.11 Å². The maximum atomic E-state index is 11.2. The monoisotopic (exact) mass is 223 g/mol. The smallest absolute Gasteiger partial charge is 0.339 e. The lowest BCUT2D eigenvalue weighted by Gasteiger charge is -2.22. The second-order valence-electron chi connectivity index (χ2n) is 3.30. The Morgan fingerprint density at radius 1 is 1.64 bits per heavy atom. The first-order valence-electron chi connectivity index (χ1n) is 4.30. The summed E-state index contributed by atoms with van der Waals surface area (Å²) < 4.78 is 15.3. The van der Waals surface area contributed by atoms with Crippen LogP contribution in [0.1, 0.15) is 12.8 Å². The maximum absolute atomic E-state index is 11.2. The molecule has 1 atom stereocenters. The van der Waals surface area contributed by atoms with Crippen LogP contribution in [0.5, 0.6) is 0 Å². The van der Waals surface area contributed by atoms with Gasteiger partial charge in [-0.15, -0.1) is 0 Å². The van der Waals surface area contributed by atoms with Crippen LogP contribution in [-0.2, 0) is 14.1 Å². The van der Waals surface area contributed by atoms with Crippen molar-refractivity contribution in [1.82, 2.24) is 4.90 Å². The molecule has 0 saturated carbocycles. The Labute approximate surface area is 82.0 Å². The molecule has 0 amide bonds. The lowest BCUT2D eigenvalue weighted by molar-refractivity contribution is -0.145. The van der Waals surface area contributed by atoms with E-state index in [0.29, 0.717) is 13.0 Å². The topological polar surface area (TPSA) is 87.1 Å². The molecular weight excluding hydrogens is 209 g/mol. The van der Waals surface area contributed by atoms with E-state index in [9.17, 15) is 9.36 Å². The summed E-state index contributed by atoms with van der Waals surface area (Å²) in [4.78, 5) is 30.2. The summed E-state index contributed by atoms with van der Waals surface area (Å²) in [6.45, 7) is 0.533. The lowest BCUT2D eigenvalue weighted by Crippen LogP contribution is -2.37. The number of likely N-dealkylation sites (tertiary alicyclic amines) is 1. The van der Waals surface area contributed by atoms with E-state index >= 15 is 0 Å². The highest BCUT2D eigenvalue weighted by molar-refractivity contribution is 7.51. The highest BCUT2D eigenvalue weighted by atomic mass is 31.2. The molecule has 0 aromatic carbocycles. The van der Waals surface area contributed by atoms with Crippen molar-refractivity contribution in [2.45, 2.75) is 18.9 Å². The van der Waals surface area contributed by atoms with E-state index in [1.54, 1.807) is 0 Å². The SMILES string of the molecule is COC(=O)[C@@H]1CCCN1CP(=O)(O)O. The van der Waals surface area contributed by atoms with Crippen molar-refractivity contribution >= 4 is 13.6 Å². The number of carbonyl (C=O) groups is 1. The van der Waals surface area contributed by atoms with E-state index in [-0.39, 0.29) is 6.29 Å². The molecule has 1 heterocycles. The molecule has 1 fully saturated rings. The number of hydrogen-bond donors (Lipinski definition) is 2. The van der Waals surface area contributed by atoms with Crippen LogP contribution in [-0.4, -0.2) is 46.6 Å². The molecule has 1 rings (SSSR count). The van der Waals surface area contributed by atoms with Crippen molar-refractivity contribution in [2.75, 3.05) is 19.9 Å². The molecule has 0 aromatic heterocycles. The minimum atomic E-state index is -4.08. The van der Waals surface area contributed by atoms with Crippen molar-refractivity contribution in [3.05, 3.63) is 0 Å². The van der Waals surface area contributed by atoms with Crippen molar-refractivity contribution in [2.24, 2.45) is 0 Å². The Bertz CT molecular complexity index is 263. The zero-order chi connectivity index (χ0) is 10.8. The third-order valence-corrected chi connectivity index (χ3v) is 2.93. The van der Waals surface area contributed by atoms with E-state index in [2.05, 4.69) is 4.74 Å². The summed E-state index contributed by atoms with van der Waals surface area (Å²) in [5, 5.41) is 0. The molecule has 0 aliphatic carbocycles. The summed E-state index contributed by atoms with van der Waals surface area (Å²) in [5.41, 5.74) is 0. The fourth-order valence-corrected chi connectivity index (χ4v) is 2.45. The minimum Gasteiger partial charge on any atom is -0.468 e. The first-order valence-corrected chi connectivity index (χ1v) is 6.10. The van der Waals surface area contributed by atoms with Gasteiger partial charge < -0.3 is 14.5 Å². The van der Waals surface area contributed by atoms with E-state index < -0.39 is 19.6 Å². The molecule has 0 radical (unpaired) electrons.